The molecule has 0 N–H and O–H groups in total. The van der Waals surface area contributed by atoms with E-state index in [1.54, 1.807) is 5.23 Å². The average molecular weight is 480 g/mol. The number of carbonyl (C=O) groups is 1. The molecule has 3 aliphatic carbocycles. The Balaban J connectivity index is 1.37. The third-order valence-electron chi connectivity index (χ3n) is 10.4. The van der Waals surface area contributed by atoms with Crippen molar-refractivity contribution in [2.75, 3.05) is 13.7 Å². The minimum absolute atomic E-state index is 0.0103. The summed E-state index contributed by atoms with van der Waals surface area (Å²) >= 11 is 0. The van der Waals surface area contributed by atoms with Gasteiger partial charge in [-0.2, -0.15) is 0 Å². The van der Waals surface area contributed by atoms with Gasteiger partial charge in [0.05, 0.1) is 31.5 Å². The van der Waals surface area contributed by atoms with Crippen LogP contribution in [0, 0.1) is 34.0 Å². The molecule has 2 bridgehead atoms. The van der Waals surface area contributed by atoms with Crippen molar-refractivity contribution in [3.63, 3.8) is 0 Å². The van der Waals surface area contributed by atoms with Crippen LogP contribution in [0.3, 0.4) is 0 Å². The van der Waals surface area contributed by atoms with Gasteiger partial charge in [0.2, 0.25) is 0 Å². The van der Waals surface area contributed by atoms with E-state index in [0.717, 1.165) is 32.1 Å². The Kier molecular flexibility index (Phi) is 5.97. The van der Waals surface area contributed by atoms with Gasteiger partial charge >= 0.3 is 5.97 Å². The fourth-order valence-electron chi connectivity index (χ4n) is 7.96. The molecule has 0 aromatic rings. The summed E-state index contributed by atoms with van der Waals surface area (Å²) in [5, 5.41) is 1.61. The zero-order valence-electron chi connectivity index (χ0n) is 22.4. The van der Waals surface area contributed by atoms with Crippen LogP contribution in [0.2, 0.25) is 0 Å². The summed E-state index contributed by atoms with van der Waals surface area (Å²) < 4.78 is 18.6. The van der Waals surface area contributed by atoms with Crippen molar-refractivity contribution >= 4 is 5.97 Å². The van der Waals surface area contributed by atoms with Crippen LogP contribution in [0.5, 0.6) is 0 Å². The number of hydrogen-bond acceptors (Lipinski definition) is 7. The molecule has 194 valence electrons. The maximum absolute atomic E-state index is 12.5. The molecule has 5 aliphatic rings. The van der Waals surface area contributed by atoms with E-state index in [2.05, 4.69) is 48.5 Å². The number of esters is 1. The van der Waals surface area contributed by atoms with Crippen molar-refractivity contribution < 1.29 is 28.7 Å². The van der Waals surface area contributed by atoms with Crippen molar-refractivity contribution in [2.24, 2.45) is 34.0 Å². The molecule has 34 heavy (non-hydrogen) atoms. The van der Waals surface area contributed by atoms with Crippen LogP contribution in [0.15, 0.2) is 0 Å². The lowest BCUT2D eigenvalue weighted by Gasteiger charge is -2.51. The summed E-state index contributed by atoms with van der Waals surface area (Å²) in [6.45, 7) is 16.7. The molecule has 0 spiro atoms. The van der Waals surface area contributed by atoms with Crippen molar-refractivity contribution in [3.8, 4) is 0 Å². The zero-order chi connectivity index (χ0) is 24.7. The summed E-state index contributed by atoms with van der Waals surface area (Å²) in [5.74, 6) is 0.528. The van der Waals surface area contributed by atoms with Crippen molar-refractivity contribution in [1.29, 1.82) is 0 Å². The first kappa shape index (κ1) is 24.9. The van der Waals surface area contributed by atoms with Crippen LogP contribution < -0.4 is 0 Å². The molecule has 0 aromatic carbocycles. The third kappa shape index (κ3) is 3.52. The quantitative estimate of drug-likeness (QED) is 0.521. The molecule has 0 unspecified atom stereocenters. The smallest absolute Gasteiger partial charge is 0.337 e. The molecule has 3 saturated carbocycles. The average Bonchev–Trinajstić information content (AvgIpc) is 3.22. The van der Waals surface area contributed by atoms with Gasteiger partial charge in [-0.15, -0.1) is 0 Å². The number of hydroxylamine groups is 2. The Morgan fingerprint density at radius 1 is 1.06 bits per heavy atom. The second kappa shape index (κ2) is 8.14. The fraction of sp³-hybridized carbons (Fsp3) is 0.963. The highest BCUT2D eigenvalue weighted by molar-refractivity contribution is 5.75. The van der Waals surface area contributed by atoms with Crippen LogP contribution in [0.25, 0.3) is 0 Å². The van der Waals surface area contributed by atoms with Gasteiger partial charge in [-0.1, -0.05) is 53.2 Å². The van der Waals surface area contributed by atoms with E-state index < -0.39 is 12.4 Å². The predicted octanol–water partition coefficient (Wildman–Crippen LogP) is 4.88. The molecule has 7 nitrogen and oxygen atoms in total. The molecule has 0 amide bonds. The first-order valence-electron chi connectivity index (χ1n) is 13.3. The van der Waals surface area contributed by atoms with E-state index >= 15 is 0 Å². The monoisotopic (exact) mass is 479 g/mol. The molecule has 7 heteroatoms. The van der Waals surface area contributed by atoms with Crippen LogP contribution in [0.1, 0.15) is 87.0 Å². The Labute approximate surface area is 205 Å². The normalized spacial score (nSPS) is 47.6. The molecule has 2 saturated heterocycles. The molecule has 2 heterocycles. The molecule has 5 rings (SSSR count). The Bertz CT molecular complexity index is 809. The lowest BCUT2D eigenvalue weighted by Crippen LogP contribution is -2.59. The summed E-state index contributed by atoms with van der Waals surface area (Å²) in [4.78, 5) is 24.9. The van der Waals surface area contributed by atoms with Crippen LogP contribution in [-0.2, 0) is 28.7 Å². The minimum atomic E-state index is -0.611. The Morgan fingerprint density at radius 2 is 1.79 bits per heavy atom. The molecular formula is C27H45NO6. The van der Waals surface area contributed by atoms with E-state index in [1.165, 1.54) is 13.5 Å². The van der Waals surface area contributed by atoms with Crippen molar-refractivity contribution in [2.45, 2.75) is 117 Å². The van der Waals surface area contributed by atoms with E-state index in [-0.39, 0.29) is 45.9 Å². The van der Waals surface area contributed by atoms with Crippen LogP contribution in [0.4, 0.5) is 0 Å². The number of methoxy groups -OCH3 is 1. The summed E-state index contributed by atoms with van der Waals surface area (Å²) in [6.07, 6.45) is 5.26. The Morgan fingerprint density at radius 3 is 2.47 bits per heavy atom. The predicted molar refractivity (Wildman–Crippen MR) is 126 cm³/mol. The van der Waals surface area contributed by atoms with E-state index in [0.29, 0.717) is 18.4 Å². The van der Waals surface area contributed by atoms with Gasteiger partial charge in [-0.3, -0.25) is 4.84 Å². The summed E-state index contributed by atoms with van der Waals surface area (Å²) in [5.41, 5.74) is -0.0231. The first-order valence-corrected chi connectivity index (χ1v) is 13.3. The number of carbonyl (C=O) groups excluding carboxylic acids is 1. The number of nitrogens with zero attached hydrogens (tertiary/aromatic N) is 1. The minimum Gasteiger partial charge on any atom is -0.467 e. The van der Waals surface area contributed by atoms with E-state index in [1.807, 2.05) is 0 Å². The van der Waals surface area contributed by atoms with Gasteiger partial charge in [0, 0.05) is 17.8 Å². The number of rotatable bonds is 5. The maximum atomic E-state index is 12.5. The van der Waals surface area contributed by atoms with Gasteiger partial charge in [0.15, 0.2) is 12.4 Å². The molecule has 0 aromatic heterocycles. The van der Waals surface area contributed by atoms with Gasteiger partial charge in [0.25, 0.3) is 0 Å². The number of ether oxygens (including phenoxy) is 3. The highest BCUT2D eigenvalue weighted by Gasteiger charge is 2.69. The standard InChI is InChI=1S/C27H45NO6/c1-24(2,3)15-31-22-20(17-12-13-26(22,6)25(17,4)5)32-19-14-16-10-9-11-18-21(23(29)30-8)34-28(33-19)27(16,18)7/h16-22H,9-15H2,1-8H3/t16-,17+,18-,19+,20+,21-,22+,26-,27+/m0/s1. The largest absolute Gasteiger partial charge is 0.467 e. The second-order valence-electron chi connectivity index (χ2n) is 13.7. The summed E-state index contributed by atoms with van der Waals surface area (Å²) in [7, 11) is 1.42. The van der Waals surface area contributed by atoms with Crippen LogP contribution in [-0.4, -0.2) is 55.1 Å². The lowest BCUT2D eigenvalue weighted by molar-refractivity contribution is -0.467. The third-order valence-corrected chi connectivity index (χ3v) is 10.4. The van der Waals surface area contributed by atoms with Crippen LogP contribution >= 0.6 is 0 Å². The molecular weight excluding hydrogens is 434 g/mol. The van der Waals surface area contributed by atoms with Gasteiger partial charge in [-0.05, 0) is 55.3 Å². The second-order valence-corrected chi connectivity index (χ2v) is 13.7. The molecule has 2 aliphatic heterocycles. The SMILES string of the molecule is COC(=O)[C@H]1ON2O[C@@H](O[C@@H]3[C@H]4CC[C@@](C)([C@@H]3OCC(C)(C)C)C4(C)C)C[C@@H]3CCC[C@@H]1[C@@]32C. The topological polar surface area (TPSA) is 66.5 Å². The highest BCUT2D eigenvalue weighted by Crippen LogP contribution is 2.67. The summed E-state index contributed by atoms with van der Waals surface area (Å²) in [6, 6.07) is 0. The maximum Gasteiger partial charge on any atom is 0.337 e. The lowest BCUT2D eigenvalue weighted by atomic mass is 9.64. The first-order chi connectivity index (χ1) is 15.8. The molecule has 5 fully saturated rings. The van der Waals surface area contributed by atoms with Gasteiger partial charge in [-0.25, -0.2) is 9.63 Å². The zero-order valence-corrected chi connectivity index (χ0v) is 22.4. The van der Waals surface area contributed by atoms with Crippen molar-refractivity contribution in [3.05, 3.63) is 0 Å². The van der Waals surface area contributed by atoms with Gasteiger partial charge in [0.1, 0.15) is 0 Å². The number of fused-ring (bicyclic) bond motifs is 2. The van der Waals surface area contributed by atoms with Crippen molar-refractivity contribution in [1.82, 2.24) is 5.23 Å². The van der Waals surface area contributed by atoms with Gasteiger partial charge < -0.3 is 14.2 Å². The highest BCUT2D eigenvalue weighted by atomic mass is 17.0. The van der Waals surface area contributed by atoms with E-state index in [4.69, 9.17) is 23.9 Å². The molecule has 0 radical (unpaired) electrons. The number of hydrogen-bond donors (Lipinski definition) is 0. The molecule has 9 atom stereocenters. The fourth-order valence-corrected chi connectivity index (χ4v) is 7.96. The van der Waals surface area contributed by atoms with E-state index in [9.17, 15) is 4.79 Å². The Hall–Kier alpha value is -0.730.